The Kier molecular flexibility index (Phi) is 6.73. The highest BCUT2D eigenvalue weighted by atomic mass is 16.2. The van der Waals surface area contributed by atoms with Gasteiger partial charge in [0.15, 0.2) is 0 Å². The van der Waals surface area contributed by atoms with Gasteiger partial charge in [-0.2, -0.15) is 0 Å². The molecule has 7 nitrogen and oxygen atoms in total. The van der Waals surface area contributed by atoms with Crippen LogP contribution in [0.3, 0.4) is 0 Å². The van der Waals surface area contributed by atoms with Gasteiger partial charge in [0.25, 0.3) is 0 Å². The van der Waals surface area contributed by atoms with Crippen LogP contribution in [0.4, 0.5) is 0 Å². The number of carbonyl (C=O) groups excluding carboxylic acids is 3. The summed E-state index contributed by atoms with van der Waals surface area (Å²) in [7, 11) is 0. The second-order valence-corrected chi connectivity index (χ2v) is 6.89. The Labute approximate surface area is 169 Å². The van der Waals surface area contributed by atoms with Crippen LogP contribution in [0.5, 0.6) is 0 Å². The number of benzene rings is 1. The first kappa shape index (κ1) is 20.3. The van der Waals surface area contributed by atoms with Crippen molar-refractivity contribution in [2.45, 2.75) is 26.4 Å². The number of nitrogens with one attached hydrogen (secondary N) is 2. The van der Waals surface area contributed by atoms with Crippen LogP contribution in [-0.4, -0.2) is 40.7 Å². The van der Waals surface area contributed by atoms with Gasteiger partial charge in [-0.3, -0.25) is 19.4 Å². The number of aromatic nitrogens is 1. The van der Waals surface area contributed by atoms with E-state index in [1.165, 1.54) is 13.0 Å². The SMILES string of the molecule is CC(=O)NCC(=O)N1CCc2ncc(CNC(=O)C=Cc3ccccc3)cc2C1. The molecule has 0 aliphatic carbocycles. The van der Waals surface area contributed by atoms with E-state index in [1.807, 2.05) is 36.4 Å². The summed E-state index contributed by atoms with van der Waals surface area (Å²) in [5.41, 5.74) is 3.77. The smallest absolute Gasteiger partial charge is 0.244 e. The number of pyridine rings is 1. The third kappa shape index (κ3) is 6.00. The molecular weight excluding hydrogens is 368 g/mol. The average Bonchev–Trinajstić information content (AvgIpc) is 2.74. The molecule has 3 amide bonds. The lowest BCUT2D eigenvalue weighted by molar-refractivity contribution is -0.133. The molecule has 0 fully saturated rings. The number of carbonyl (C=O) groups is 3. The van der Waals surface area contributed by atoms with Crippen molar-refractivity contribution < 1.29 is 14.4 Å². The Morgan fingerprint density at radius 1 is 1.17 bits per heavy atom. The van der Waals surface area contributed by atoms with Crippen molar-refractivity contribution in [3.05, 3.63) is 71.1 Å². The van der Waals surface area contributed by atoms with Crippen LogP contribution in [0.1, 0.15) is 29.3 Å². The summed E-state index contributed by atoms with van der Waals surface area (Å²) in [4.78, 5) is 41.5. The average molecular weight is 392 g/mol. The van der Waals surface area contributed by atoms with Gasteiger partial charge in [0.1, 0.15) is 0 Å². The Balaban J connectivity index is 1.55. The number of amides is 3. The van der Waals surface area contributed by atoms with Gasteiger partial charge in [0.05, 0.1) is 6.54 Å². The Morgan fingerprint density at radius 3 is 2.72 bits per heavy atom. The molecule has 3 rings (SSSR count). The van der Waals surface area contributed by atoms with Crippen LogP contribution in [0.25, 0.3) is 6.08 Å². The third-order valence-electron chi connectivity index (χ3n) is 4.63. The number of rotatable bonds is 6. The normalized spacial score (nSPS) is 13.1. The maximum atomic E-state index is 12.2. The predicted molar refractivity (Wildman–Crippen MR) is 109 cm³/mol. The van der Waals surface area contributed by atoms with Crippen LogP contribution < -0.4 is 10.6 Å². The lowest BCUT2D eigenvalue weighted by Crippen LogP contribution is -2.42. The van der Waals surface area contributed by atoms with Gasteiger partial charge in [-0.15, -0.1) is 0 Å². The fourth-order valence-electron chi connectivity index (χ4n) is 3.08. The van der Waals surface area contributed by atoms with E-state index >= 15 is 0 Å². The van der Waals surface area contributed by atoms with Crippen molar-refractivity contribution in [1.29, 1.82) is 0 Å². The monoisotopic (exact) mass is 392 g/mol. The third-order valence-corrected chi connectivity index (χ3v) is 4.63. The molecule has 0 atom stereocenters. The van der Waals surface area contributed by atoms with Crippen molar-refractivity contribution in [3.8, 4) is 0 Å². The van der Waals surface area contributed by atoms with Gasteiger partial charge >= 0.3 is 0 Å². The Morgan fingerprint density at radius 2 is 1.97 bits per heavy atom. The first-order chi connectivity index (χ1) is 14.0. The maximum Gasteiger partial charge on any atom is 0.244 e. The standard InChI is InChI=1S/C22H24N4O3/c1-16(27)23-14-22(29)26-10-9-20-19(15-26)11-18(12-24-20)13-25-21(28)8-7-17-5-3-2-4-6-17/h2-8,11-12H,9-10,13-15H2,1H3,(H,23,27)(H,25,28). The van der Waals surface area contributed by atoms with E-state index in [-0.39, 0.29) is 24.3 Å². The summed E-state index contributed by atoms with van der Waals surface area (Å²) < 4.78 is 0. The van der Waals surface area contributed by atoms with Crippen molar-refractivity contribution >= 4 is 23.8 Å². The Hall–Kier alpha value is -3.48. The minimum absolute atomic E-state index is 0.00158. The zero-order chi connectivity index (χ0) is 20.6. The van der Waals surface area contributed by atoms with E-state index < -0.39 is 0 Å². The molecule has 0 radical (unpaired) electrons. The first-order valence-corrected chi connectivity index (χ1v) is 9.51. The van der Waals surface area contributed by atoms with E-state index in [9.17, 15) is 14.4 Å². The molecular formula is C22H24N4O3. The van der Waals surface area contributed by atoms with Crippen molar-refractivity contribution in [2.24, 2.45) is 0 Å². The van der Waals surface area contributed by atoms with Crippen LogP contribution in [0.2, 0.25) is 0 Å². The van der Waals surface area contributed by atoms with E-state index in [1.54, 1.807) is 17.2 Å². The molecule has 0 bridgehead atoms. The number of fused-ring (bicyclic) bond motifs is 1. The molecule has 2 heterocycles. The molecule has 2 aromatic rings. The largest absolute Gasteiger partial charge is 0.348 e. The second-order valence-electron chi connectivity index (χ2n) is 6.89. The summed E-state index contributed by atoms with van der Waals surface area (Å²) in [6.45, 7) is 2.78. The molecule has 2 N–H and O–H groups in total. The predicted octanol–water partition coefficient (Wildman–Crippen LogP) is 1.43. The first-order valence-electron chi connectivity index (χ1n) is 9.51. The molecule has 1 aliphatic rings. The fourth-order valence-corrected chi connectivity index (χ4v) is 3.08. The lowest BCUT2D eigenvalue weighted by Gasteiger charge is -2.28. The summed E-state index contributed by atoms with van der Waals surface area (Å²) in [5.74, 6) is -0.522. The van der Waals surface area contributed by atoms with Gasteiger partial charge in [-0.05, 0) is 28.8 Å². The molecule has 0 saturated carbocycles. The molecule has 150 valence electrons. The van der Waals surface area contributed by atoms with Crippen LogP contribution >= 0.6 is 0 Å². The quantitative estimate of drug-likeness (QED) is 0.728. The minimum Gasteiger partial charge on any atom is -0.348 e. The molecule has 1 aliphatic heterocycles. The van der Waals surface area contributed by atoms with Gasteiger partial charge in [0, 0.05) is 50.9 Å². The van der Waals surface area contributed by atoms with Crippen LogP contribution in [-0.2, 0) is 33.9 Å². The molecule has 0 unspecified atom stereocenters. The zero-order valence-corrected chi connectivity index (χ0v) is 16.4. The highest BCUT2D eigenvalue weighted by Gasteiger charge is 2.21. The maximum absolute atomic E-state index is 12.2. The number of hydrogen-bond donors (Lipinski definition) is 2. The lowest BCUT2D eigenvalue weighted by atomic mass is 10.0. The van der Waals surface area contributed by atoms with Crippen LogP contribution in [0.15, 0.2) is 48.7 Å². The summed E-state index contributed by atoms with van der Waals surface area (Å²) in [6, 6.07) is 11.6. The summed E-state index contributed by atoms with van der Waals surface area (Å²) in [6.07, 6.45) is 5.70. The van der Waals surface area contributed by atoms with E-state index in [2.05, 4.69) is 15.6 Å². The van der Waals surface area contributed by atoms with Gasteiger partial charge < -0.3 is 15.5 Å². The highest BCUT2D eigenvalue weighted by Crippen LogP contribution is 2.18. The van der Waals surface area contributed by atoms with Crippen molar-refractivity contribution in [2.75, 3.05) is 13.1 Å². The summed E-state index contributed by atoms with van der Waals surface area (Å²) >= 11 is 0. The van der Waals surface area contributed by atoms with Crippen LogP contribution in [0, 0.1) is 0 Å². The zero-order valence-electron chi connectivity index (χ0n) is 16.4. The number of hydrogen-bond acceptors (Lipinski definition) is 4. The molecule has 1 aromatic carbocycles. The van der Waals surface area contributed by atoms with E-state index in [0.29, 0.717) is 26.1 Å². The minimum atomic E-state index is -0.225. The highest BCUT2D eigenvalue weighted by molar-refractivity contribution is 5.91. The molecule has 29 heavy (non-hydrogen) atoms. The summed E-state index contributed by atoms with van der Waals surface area (Å²) in [5, 5.41) is 5.38. The van der Waals surface area contributed by atoms with Gasteiger partial charge in [-0.1, -0.05) is 30.3 Å². The van der Waals surface area contributed by atoms with E-state index in [0.717, 1.165) is 22.4 Å². The number of nitrogens with zero attached hydrogens (tertiary/aromatic N) is 2. The Bertz CT molecular complexity index is 925. The van der Waals surface area contributed by atoms with Gasteiger partial charge in [0.2, 0.25) is 17.7 Å². The molecule has 1 aromatic heterocycles. The molecule has 0 spiro atoms. The topological polar surface area (TPSA) is 91.4 Å². The van der Waals surface area contributed by atoms with E-state index in [4.69, 9.17) is 0 Å². The van der Waals surface area contributed by atoms with Crippen molar-refractivity contribution in [1.82, 2.24) is 20.5 Å². The molecule has 0 saturated heterocycles. The fraction of sp³-hybridized carbons (Fsp3) is 0.273. The second kappa shape index (κ2) is 9.64. The van der Waals surface area contributed by atoms with Gasteiger partial charge in [-0.25, -0.2) is 0 Å². The molecule has 7 heteroatoms. The van der Waals surface area contributed by atoms with Crippen molar-refractivity contribution in [3.63, 3.8) is 0 Å².